The molecule has 0 aromatic heterocycles. The fourth-order valence-corrected chi connectivity index (χ4v) is 4.33. The van der Waals surface area contributed by atoms with Crippen LogP contribution >= 0.6 is 12.2 Å². The zero-order valence-corrected chi connectivity index (χ0v) is 17.3. The Bertz CT molecular complexity index is 1160. The minimum atomic E-state index is -2.14. The first-order valence-electron chi connectivity index (χ1n) is 9.37. The summed E-state index contributed by atoms with van der Waals surface area (Å²) in [5, 5.41) is 32.3. The van der Waals surface area contributed by atoms with E-state index in [4.69, 9.17) is 12.2 Å². The summed E-state index contributed by atoms with van der Waals surface area (Å²) in [5.41, 5.74) is -2.39. The van der Waals surface area contributed by atoms with Crippen molar-refractivity contribution in [1.29, 1.82) is 0 Å². The topological polar surface area (TPSA) is 186 Å². The molecule has 4 N–H and O–H groups in total. The maximum atomic E-state index is 13.3. The number of benzene rings is 2. The van der Waals surface area contributed by atoms with Crippen LogP contribution in [0.2, 0.25) is 0 Å². The van der Waals surface area contributed by atoms with E-state index in [2.05, 4.69) is 21.3 Å². The van der Waals surface area contributed by atoms with Crippen molar-refractivity contribution in [3.8, 4) is 0 Å². The molecule has 33 heavy (non-hydrogen) atoms. The largest absolute Gasteiger partial charge is 0.354 e. The van der Waals surface area contributed by atoms with E-state index in [1.165, 1.54) is 48.5 Å². The molecule has 2 aliphatic heterocycles. The van der Waals surface area contributed by atoms with Crippen molar-refractivity contribution < 1.29 is 24.2 Å². The van der Waals surface area contributed by atoms with E-state index in [-0.39, 0.29) is 27.6 Å². The average Bonchev–Trinajstić information content (AvgIpc) is 2.77. The molecule has 0 saturated carbocycles. The van der Waals surface area contributed by atoms with E-state index in [1.54, 1.807) is 0 Å². The Morgan fingerprint density at radius 1 is 0.788 bits per heavy atom. The van der Waals surface area contributed by atoms with Crippen molar-refractivity contribution in [3.63, 3.8) is 0 Å². The van der Waals surface area contributed by atoms with Crippen LogP contribution in [0.25, 0.3) is 0 Å². The second-order valence-electron chi connectivity index (χ2n) is 7.29. The van der Waals surface area contributed by atoms with Crippen LogP contribution in [-0.2, 0) is 9.59 Å². The molecule has 4 amide bonds. The van der Waals surface area contributed by atoms with Crippen LogP contribution < -0.4 is 21.3 Å². The number of nitro benzene ring substituents is 2. The summed E-state index contributed by atoms with van der Waals surface area (Å²) < 4.78 is 0. The molecule has 2 aliphatic rings. The van der Waals surface area contributed by atoms with E-state index < -0.39 is 45.2 Å². The number of nitro groups is 2. The number of thiocarbonyl (C=S) groups is 1. The van der Waals surface area contributed by atoms with E-state index >= 15 is 0 Å². The fourth-order valence-electron chi connectivity index (χ4n) is 4.10. The minimum absolute atomic E-state index is 0.00821. The summed E-state index contributed by atoms with van der Waals surface area (Å²) in [7, 11) is 0. The molecular formula is C19H14N6O7S. The van der Waals surface area contributed by atoms with Crippen LogP contribution in [0.3, 0.4) is 0 Å². The van der Waals surface area contributed by atoms with Crippen LogP contribution in [0.1, 0.15) is 23.2 Å². The summed E-state index contributed by atoms with van der Waals surface area (Å²) in [6.07, 6.45) is 0. The molecule has 0 bridgehead atoms. The number of hydrogen-bond acceptors (Lipinski definition) is 8. The summed E-state index contributed by atoms with van der Waals surface area (Å²) in [6, 6.07) is 6.93. The number of amides is 4. The number of rotatable bonds is 4. The normalized spacial score (nSPS) is 21.5. The number of nitrogens with one attached hydrogen (secondary N) is 4. The van der Waals surface area contributed by atoms with Gasteiger partial charge in [0.25, 0.3) is 11.4 Å². The van der Waals surface area contributed by atoms with Crippen molar-refractivity contribution in [2.45, 2.75) is 12.1 Å². The second-order valence-corrected chi connectivity index (χ2v) is 7.70. The van der Waals surface area contributed by atoms with Crippen LogP contribution in [0.4, 0.5) is 16.2 Å². The summed E-state index contributed by atoms with van der Waals surface area (Å²) in [4.78, 5) is 59.8. The summed E-state index contributed by atoms with van der Waals surface area (Å²) in [5.74, 6) is -2.02. The van der Waals surface area contributed by atoms with Gasteiger partial charge < -0.3 is 10.6 Å². The summed E-state index contributed by atoms with van der Waals surface area (Å²) >= 11 is 5.26. The van der Waals surface area contributed by atoms with Gasteiger partial charge >= 0.3 is 6.03 Å². The predicted molar refractivity (Wildman–Crippen MR) is 115 cm³/mol. The van der Waals surface area contributed by atoms with Crippen molar-refractivity contribution in [2.75, 3.05) is 0 Å². The van der Waals surface area contributed by atoms with Crippen molar-refractivity contribution in [1.82, 2.24) is 21.3 Å². The fraction of sp³-hybridized carbons (Fsp3) is 0.158. The first-order valence-corrected chi connectivity index (χ1v) is 9.78. The van der Waals surface area contributed by atoms with Crippen LogP contribution in [0.15, 0.2) is 48.5 Å². The maximum Gasteiger partial charge on any atom is 0.328 e. The smallest absolute Gasteiger partial charge is 0.328 e. The van der Waals surface area contributed by atoms with Crippen molar-refractivity contribution in [2.24, 2.45) is 5.41 Å². The summed E-state index contributed by atoms with van der Waals surface area (Å²) in [6.45, 7) is 0. The monoisotopic (exact) mass is 470 g/mol. The molecule has 2 heterocycles. The number of carbonyl (C=O) groups excluding carboxylic acids is 3. The van der Waals surface area contributed by atoms with Gasteiger partial charge in [-0.3, -0.25) is 40.5 Å². The lowest BCUT2D eigenvalue weighted by atomic mass is 9.65. The number of imide groups is 2. The first-order chi connectivity index (χ1) is 15.6. The first kappa shape index (κ1) is 21.8. The highest BCUT2D eigenvalue weighted by atomic mass is 32.1. The van der Waals surface area contributed by atoms with Gasteiger partial charge in [0.05, 0.1) is 21.9 Å². The van der Waals surface area contributed by atoms with Crippen LogP contribution in [-0.4, -0.2) is 32.8 Å². The lowest BCUT2D eigenvalue weighted by Gasteiger charge is -2.49. The molecule has 168 valence electrons. The Labute approximate surface area is 189 Å². The molecule has 2 aromatic rings. The number of nitrogens with zero attached hydrogens (tertiary/aromatic N) is 2. The Morgan fingerprint density at radius 3 is 1.61 bits per heavy atom. The predicted octanol–water partition coefficient (Wildman–Crippen LogP) is 1.12. The van der Waals surface area contributed by atoms with Crippen molar-refractivity contribution in [3.05, 3.63) is 79.9 Å². The van der Waals surface area contributed by atoms with Crippen LogP contribution in [0.5, 0.6) is 0 Å². The molecule has 1 spiro atoms. The standard InChI is InChI=1S/C19H14N6O7S/c26-15-19(16(27)23-17(28)22-15)13(9-3-1-5-11(7-9)24(29)30)20-18(33)21-14(19)10-4-2-6-12(8-10)25(31)32/h1-8,13-14H,(H2,20,21,33)(H2,22,23,26,27,28)/t13-,14+. The Hall–Kier alpha value is -4.46. The molecule has 2 saturated heterocycles. The third-order valence-corrected chi connectivity index (χ3v) is 5.73. The molecule has 4 rings (SSSR count). The number of carbonyl (C=O) groups is 3. The van der Waals surface area contributed by atoms with Gasteiger partial charge in [-0.05, 0) is 23.3 Å². The zero-order chi connectivity index (χ0) is 23.9. The van der Waals surface area contributed by atoms with Gasteiger partial charge in [-0.15, -0.1) is 0 Å². The highest BCUT2D eigenvalue weighted by Crippen LogP contribution is 2.49. The molecule has 0 aliphatic carbocycles. The number of barbiturate groups is 1. The minimum Gasteiger partial charge on any atom is -0.354 e. The SMILES string of the molecule is O=C1NC(=O)C2(C(=O)N1)[C@@H](c1cccc([N+](=O)[O-])c1)NC(=S)N[C@H]2c1cccc([N+](=O)[O-])c1. The molecule has 2 fully saturated rings. The van der Waals surface area contributed by atoms with Gasteiger partial charge in [0.15, 0.2) is 10.5 Å². The molecule has 0 unspecified atom stereocenters. The van der Waals surface area contributed by atoms with Gasteiger partial charge in [0.1, 0.15) is 0 Å². The molecular weight excluding hydrogens is 456 g/mol. The lowest BCUT2D eigenvalue weighted by Crippen LogP contribution is -2.73. The van der Waals surface area contributed by atoms with Gasteiger partial charge in [-0.25, -0.2) is 4.79 Å². The molecule has 2 atom stereocenters. The van der Waals surface area contributed by atoms with Crippen LogP contribution in [0, 0.1) is 25.6 Å². The third kappa shape index (κ3) is 3.51. The van der Waals surface area contributed by atoms with Gasteiger partial charge in [-0.2, -0.15) is 0 Å². The van der Waals surface area contributed by atoms with Gasteiger partial charge in [0, 0.05) is 24.3 Å². The number of hydrogen-bond donors (Lipinski definition) is 4. The van der Waals surface area contributed by atoms with Gasteiger partial charge in [0.2, 0.25) is 11.8 Å². The zero-order valence-electron chi connectivity index (χ0n) is 16.4. The van der Waals surface area contributed by atoms with E-state index in [0.717, 1.165) is 0 Å². The molecule has 14 heteroatoms. The Balaban J connectivity index is 1.96. The maximum absolute atomic E-state index is 13.3. The molecule has 0 radical (unpaired) electrons. The quantitative estimate of drug-likeness (QED) is 0.218. The number of urea groups is 1. The van der Waals surface area contributed by atoms with E-state index in [0.29, 0.717) is 0 Å². The number of non-ortho nitro benzene ring substituents is 2. The highest BCUT2D eigenvalue weighted by Gasteiger charge is 2.64. The molecule has 2 aromatic carbocycles. The lowest BCUT2D eigenvalue weighted by molar-refractivity contribution is -0.385. The van der Waals surface area contributed by atoms with Crippen molar-refractivity contribution >= 4 is 46.6 Å². The third-order valence-electron chi connectivity index (χ3n) is 5.50. The van der Waals surface area contributed by atoms with Gasteiger partial charge in [-0.1, -0.05) is 24.3 Å². The Morgan fingerprint density at radius 2 is 1.21 bits per heavy atom. The molecule has 13 nitrogen and oxygen atoms in total. The average molecular weight is 470 g/mol. The van der Waals surface area contributed by atoms with E-state index in [1.807, 2.05) is 0 Å². The highest BCUT2D eigenvalue weighted by molar-refractivity contribution is 7.80. The second kappa shape index (κ2) is 7.90. The van der Waals surface area contributed by atoms with E-state index in [9.17, 15) is 34.6 Å². The Kier molecular flexibility index (Phi) is 5.21.